The van der Waals surface area contributed by atoms with E-state index in [1.807, 2.05) is 38.1 Å². The van der Waals surface area contributed by atoms with Gasteiger partial charge < -0.3 is 19.5 Å². The smallest absolute Gasteiger partial charge is 0.259 e. The maximum atomic E-state index is 13.5. The first kappa shape index (κ1) is 23.6. The molecule has 1 aliphatic rings. The lowest BCUT2D eigenvalue weighted by Crippen LogP contribution is -2.46. The van der Waals surface area contributed by atoms with E-state index in [1.165, 1.54) is 6.20 Å². The molecule has 0 saturated carbocycles. The number of ether oxygens (including phenoxy) is 1. The van der Waals surface area contributed by atoms with Crippen LogP contribution in [0.25, 0.3) is 0 Å². The number of carbonyl (C=O) groups excluding carboxylic acids is 2. The number of pyridine rings is 1. The molecule has 1 atom stereocenters. The van der Waals surface area contributed by atoms with Crippen LogP contribution in [0.1, 0.15) is 72.7 Å². The van der Waals surface area contributed by atoms with Crippen LogP contribution in [-0.4, -0.2) is 47.0 Å². The first-order valence-electron chi connectivity index (χ1n) is 11.3. The van der Waals surface area contributed by atoms with Crippen molar-refractivity contribution < 1.29 is 14.3 Å². The first-order chi connectivity index (χ1) is 15.3. The minimum atomic E-state index is -0.518. The van der Waals surface area contributed by atoms with E-state index < -0.39 is 11.3 Å². The van der Waals surface area contributed by atoms with E-state index in [4.69, 9.17) is 4.74 Å². The lowest BCUT2D eigenvalue weighted by molar-refractivity contribution is 0.0605. The number of rotatable bonds is 7. The molecule has 1 aliphatic heterocycles. The summed E-state index contributed by atoms with van der Waals surface area (Å²) in [4.78, 5) is 41.3. The zero-order valence-electron chi connectivity index (χ0n) is 19.4. The third-order valence-corrected chi connectivity index (χ3v) is 5.83. The molecule has 7 nitrogen and oxygen atoms in total. The van der Waals surface area contributed by atoms with Gasteiger partial charge in [0.15, 0.2) is 0 Å². The third kappa shape index (κ3) is 5.39. The molecule has 1 saturated heterocycles. The predicted molar refractivity (Wildman–Crippen MR) is 124 cm³/mol. The van der Waals surface area contributed by atoms with Crippen LogP contribution in [0.3, 0.4) is 0 Å². The molecular weight excluding hydrogens is 406 g/mol. The molecule has 172 valence electrons. The number of aromatic nitrogens is 1. The number of piperidine rings is 1. The van der Waals surface area contributed by atoms with Crippen LogP contribution in [-0.2, 0) is 6.54 Å². The van der Waals surface area contributed by atoms with Gasteiger partial charge in [0.25, 0.3) is 11.8 Å². The number of benzene rings is 1. The molecule has 2 heterocycles. The quantitative estimate of drug-likeness (QED) is 0.717. The zero-order chi connectivity index (χ0) is 23.3. The number of nitrogens with zero attached hydrogens (tertiary/aromatic N) is 2. The van der Waals surface area contributed by atoms with Gasteiger partial charge in [-0.05, 0) is 57.2 Å². The normalized spacial score (nSPS) is 16.2. The van der Waals surface area contributed by atoms with E-state index in [-0.39, 0.29) is 29.1 Å². The lowest BCUT2D eigenvalue weighted by atomic mass is 9.98. The van der Waals surface area contributed by atoms with Crippen molar-refractivity contribution in [2.45, 2.75) is 65.1 Å². The first-order valence-corrected chi connectivity index (χ1v) is 11.3. The van der Waals surface area contributed by atoms with Gasteiger partial charge in [0.2, 0.25) is 5.43 Å². The zero-order valence-corrected chi connectivity index (χ0v) is 19.4. The Morgan fingerprint density at radius 3 is 2.62 bits per heavy atom. The van der Waals surface area contributed by atoms with Crippen molar-refractivity contribution in [1.29, 1.82) is 0 Å². The number of nitrogens with one attached hydrogen (secondary N) is 1. The Labute approximate surface area is 189 Å². The van der Waals surface area contributed by atoms with Gasteiger partial charge in [-0.1, -0.05) is 19.1 Å². The Morgan fingerprint density at radius 1 is 1.19 bits per heavy atom. The van der Waals surface area contributed by atoms with Crippen molar-refractivity contribution in [1.82, 2.24) is 14.8 Å². The second-order valence-corrected chi connectivity index (χ2v) is 8.62. The highest BCUT2D eigenvalue weighted by atomic mass is 16.5. The average Bonchev–Trinajstić information content (AvgIpc) is 2.79. The Kier molecular flexibility index (Phi) is 7.72. The summed E-state index contributed by atoms with van der Waals surface area (Å²) in [5.41, 5.74) is 0.448. The van der Waals surface area contributed by atoms with Gasteiger partial charge in [0.05, 0.1) is 7.11 Å². The molecule has 1 unspecified atom stereocenters. The molecule has 0 bridgehead atoms. The van der Waals surface area contributed by atoms with E-state index >= 15 is 0 Å². The molecule has 0 radical (unpaired) electrons. The number of likely N-dealkylation sites (tertiary alicyclic amines) is 1. The monoisotopic (exact) mass is 439 g/mol. The summed E-state index contributed by atoms with van der Waals surface area (Å²) in [6.45, 7) is 6.76. The van der Waals surface area contributed by atoms with E-state index in [9.17, 15) is 14.4 Å². The largest absolute Gasteiger partial charge is 0.497 e. The Bertz CT molecular complexity index is 1030. The van der Waals surface area contributed by atoms with Crippen LogP contribution in [0.4, 0.5) is 0 Å². The molecular formula is C25H33N3O4. The summed E-state index contributed by atoms with van der Waals surface area (Å²) in [5, 5.41) is 2.78. The van der Waals surface area contributed by atoms with Crippen molar-refractivity contribution in [3.05, 3.63) is 63.6 Å². The summed E-state index contributed by atoms with van der Waals surface area (Å²) in [5.74, 6) is -0.0402. The Hall–Kier alpha value is -3.09. The van der Waals surface area contributed by atoms with Crippen LogP contribution in [0, 0.1) is 0 Å². The fraction of sp³-hybridized carbons (Fsp3) is 0.480. The van der Waals surface area contributed by atoms with E-state index in [2.05, 4.69) is 12.2 Å². The van der Waals surface area contributed by atoms with Crippen LogP contribution in [0.5, 0.6) is 5.75 Å². The maximum absolute atomic E-state index is 13.5. The van der Waals surface area contributed by atoms with Gasteiger partial charge in [0, 0.05) is 37.6 Å². The van der Waals surface area contributed by atoms with Gasteiger partial charge >= 0.3 is 0 Å². The molecule has 1 aromatic heterocycles. The van der Waals surface area contributed by atoms with Crippen molar-refractivity contribution in [2.75, 3.05) is 13.7 Å². The number of amides is 2. The second-order valence-electron chi connectivity index (χ2n) is 8.62. The van der Waals surface area contributed by atoms with Crippen molar-refractivity contribution in [3.8, 4) is 5.75 Å². The fourth-order valence-corrected chi connectivity index (χ4v) is 4.21. The highest BCUT2D eigenvalue weighted by Gasteiger charge is 2.29. The minimum absolute atomic E-state index is 0.0162. The number of hydrogen-bond acceptors (Lipinski definition) is 4. The molecule has 0 spiro atoms. The van der Waals surface area contributed by atoms with Gasteiger partial charge in [-0.2, -0.15) is 0 Å². The molecule has 32 heavy (non-hydrogen) atoms. The number of methoxy groups -OCH3 is 1. The summed E-state index contributed by atoms with van der Waals surface area (Å²) in [6.07, 6.45) is 6.90. The van der Waals surface area contributed by atoms with Gasteiger partial charge in [-0.25, -0.2) is 0 Å². The SMILES string of the molecule is CCC1CCCCN1C(=O)c1cn(Cc2cccc(OC)c2)cc(C(=O)NC(C)C)c1=O. The van der Waals surface area contributed by atoms with Crippen molar-refractivity contribution >= 4 is 11.8 Å². The number of hydrogen-bond donors (Lipinski definition) is 1. The molecule has 2 amide bonds. The van der Waals surface area contributed by atoms with E-state index in [0.29, 0.717) is 13.1 Å². The molecule has 7 heteroatoms. The average molecular weight is 440 g/mol. The molecule has 3 rings (SSSR count). The summed E-state index contributed by atoms with van der Waals surface area (Å²) in [7, 11) is 1.60. The highest BCUT2D eigenvalue weighted by Crippen LogP contribution is 2.21. The predicted octanol–water partition coefficient (Wildman–Crippen LogP) is 3.45. The van der Waals surface area contributed by atoms with Crippen LogP contribution >= 0.6 is 0 Å². The van der Waals surface area contributed by atoms with Crippen LogP contribution in [0.2, 0.25) is 0 Å². The topological polar surface area (TPSA) is 80.6 Å². The van der Waals surface area contributed by atoms with Gasteiger partial charge in [-0.15, -0.1) is 0 Å². The van der Waals surface area contributed by atoms with Crippen LogP contribution in [0.15, 0.2) is 41.5 Å². The third-order valence-electron chi connectivity index (χ3n) is 5.83. The minimum Gasteiger partial charge on any atom is -0.497 e. The fourth-order valence-electron chi connectivity index (χ4n) is 4.21. The molecule has 2 aromatic rings. The van der Waals surface area contributed by atoms with Crippen LogP contribution < -0.4 is 15.5 Å². The molecule has 0 aliphatic carbocycles. The Morgan fingerprint density at radius 2 is 1.94 bits per heavy atom. The summed E-state index contributed by atoms with van der Waals surface area (Å²) < 4.78 is 7.04. The van der Waals surface area contributed by atoms with Crippen molar-refractivity contribution in [3.63, 3.8) is 0 Å². The summed E-state index contributed by atoms with van der Waals surface area (Å²) >= 11 is 0. The summed E-state index contributed by atoms with van der Waals surface area (Å²) in [6, 6.07) is 7.57. The highest BCUT2D eigenvalue weighted by molar-refractivity contribution is 5.99. The van der Waals surface area contributed by atoms with Gasteiger partial charge in [-0.3, -0.25) is 14.4 Å². The second kappa shape index (κ2) is 10.5. The molecule has 1 fully saturated rings. The molecule has 1 aromatic carbocycles. The maximum Gasteiger partial charge on any atom is 0.259 e. The standard InChI is InChI=1S/C25H33N3O4/c1-5-19-10-6-7-12-28(19)25(31)22-16-27(14-18-9-8-11-20(13-18)32-4)15-21(23(22)29)24(30)26-17(2)3/h8-9,11,13,15-17,19H,5-7,10,12,14H2,1-4H3,(H,26,30). The van der Waals surface area contributed by atoms with Crippen molar-refractivity contribution in [2.24, 2.45) is 0 Å². The van der Waals surface area contributed by atoms with E-state index in [1.54, 1.807) is 22.8 Å². The molecule has 1 N–H and O–H groups in total. The number of carbonyl (C=O) groups is 2. The Balaban J connectivity index is 2.04. The lowest BCUT2D eigenvalue weighted by Gasteiger charge is -2.35. The van der Waals surface area contributed by atoms with E-state index in [0.717, 1.165) is 37.0 Å². The van der Waals surface area contributed by atoms with Gasteiger partial charge in [0.1, 0.15) is 16.9 Å².